The van der Waals surface area contributed by atoms with E-state index in [4.69, 9.17) is 18.9 Å². The molecule has 5 rings (SSSR count). The van der Waals surface area contributed by atoms with E-state index in [1.165, 1.54) is 10.8 Å². The molecule has 0 unspecified atom stereocenters. The van der Waals surface area contributed by atoms with Gasteiger partial charge >= 0.3 is 5.69 Å². The van der Waals surface area contributed by atoms with Crippen molar-refractivity contribution in [3.05, 3.63) is 128 Å². The van der Waals surface area contributed by atoms with E-state index in [9.17, 15) is 14.7 Å². The van der Waals surface area contributed by atoms with Crippen LogP contribution < -0.4 is 20.7 Å². The second-order valence-corrected chi connectivity index (χ2v) is 9.36. The lowest BCUT2D eigenvalue weighted by atomic mass is 9.80. The van der Waals surface area contributed by atoms with Crippen LogP contribution in [0.1, 0.15) is 34.9 Å². The van der Waals surface area contributed by atoms with Crippen molar-refractivity contribution in [1.82, 2.24) is 9.55 Å². The molecule has 9 nitrogen and oxygen atoms in total. The highest BCUT2D eigenvalue weighted by Crippen LogP contribution is 2.45. The fourth-order valence-corrected chi connectivity index (χ4v) is 4.91. The maximum absolute atomic E-state index is 12.5. The summed E-state index contributed by atoms with van der Waals surface area (Å²) in [5.74, 6) is 1.36. The number of ether oxygens (including phenoxy) is 4. The topological polar surface area (TPSA) is 112 Å². The summed E-state index contributed by atoms with van der Waals surface area (Å²) in [6.07, 6.45) is -1.50. The molecule has 0 aliphatic carbocycles. The zero-order valence-electron chi connectivity index (χ0n) is 21.9. The van der Waals surface area contributed by atoms with Gasteiger partial charge in [-0.05, 0) is 47.9 Å². The molecule has 1 aromatic heterocycles. The number of H-pyrrole nitrogens is 1. The molecule has 4 aromatic rings. The minimum absolute atomic E-state index is 0.0894. The van der Waals surface area contributed by atoms with Crippen LogP contribution in [0.25, 0.3) is 0 Å². The van der Waals surface area contributed by atoms with Gasteiger partial charge in [0.1, 0.15) is 29.4 Å². The van der Waals surface area contributed by atoms with E-state index in [0.29, 0.717) is 17.1 Å². The third kappa shape index (κ3) is 4.99. The maximum atomic E-state index is 12.5. The molecule has 39 heavy (non-hydrogen) atoms. The van der Waals surface area contributed by atoms with Crippen LogP contribution in [0.4, 0.5) is 0 Å². The minimum Gasteiger partial charge on any atom is -0.497 e. The molecular formula is C30H30N2O7. The van der Waals surface area contributed by atoms with Gasteiger partial charge in [0.15, 0.2) is 6.29 Å². The first-order valence-electron chi connectivity index (χ1n) is 12.5. The van der Waals surface area contributed by atoms with Crippen LogP contribution >= 0.6 is 0 Å². The first-order chi connectivity index (χ1) is 18.8. The molecule has 2 N–H and O–H groups in total. The van der Waals surface area contributed by atoms with Crippen LogP contribution in [0.3, 0.4) is 0 Å². The van der Waals surface area contributed by atoms with Gasteiger partial charge in [0.05, 0.1) is 14.2 Å². The van der Waals surface area contributed by atoms with Crippen molar-refractivity contribution in [2.24, 2.45) is 0 Å². The van der Waals surface area contributed by atoms with E-state index in [1.54, 1.807) is 21.1 Å². The molecule has 1 fully saturated rings. The van der Waals surface area contributed by atoms with E-state index in [-0.39, 0.29) is 6.42 Å². The molecule has 0 radical (unpaired) electrons. The predicted molar refractivity (Wildman–Crippen MR) is 144 cm³/mol. The molecule has 0 bridgehead atoms. The zero-order valence-corrected chi connectivity index (χ0v) is 21.9. The van der Waals surface area contributed by atoms with E-state index in [1.807, 2.05) is 78.9 Å². The van der Waals surface area contributed by atoms with Crippen molar-refractivity contribution in [2.45, 2.75) is 37.6 Å². The molecule has 0 saturated carbocycles. The second-order valence-electron chi connectivity index (χ2n) is 9.36. The van der Waals surface area contributed by atoms with E-state index in [2.05, 4.69) is 4.98 Å². The van der Waals surface area contributed by atoms with Crippen molar-refractivity contribution in [1.29, 1.82) is 0 Å². The monoisotopic (exact) mass is 530 g/mol. The Balaban J connectivity index is 1.63. The minimum atomic E-state index is -1.22. The third-order valence-electron chi connectivity index (χ3n) is 6.97. The fourth-order valence-electron chi connectivity index (χ4n) is 4.91. The average molecular weight is 531 g/mol. The number of aliphatic hydroxyl groups excluding tert-OH is 1. The van der Waals surface area contributed by atoms with Crippen molar-refractivity contribution < 1.29 is 24.1 Å². The summed E-state index contributed by atoms with van der Waals surface area (Å²) in [4.78, 5) is 26.7. The number of hydrogen-bond donors (Lipinski definition) is 2. The molecule has 202 valence electrons. The highest BCUT2D eigenvalue weighted by molar-refractivity contribution is 5.49. The van der Waals surface area contributed by atoms with Crippen molar-refractivity contribution in [3.63, 3.8) is 0 Å². The van der Waals surface area contributed by atoms with Gasteiger partial charge in [0.2, 0.25) is 0 Å². The average Bonchev–Trinajstić information content (AvgIpc) is 3.33. The molecule has 3 atom stereocenters. The molecule has 0 amide bonds. The van der Waals surface area contributed by atoms with E-state index in [0.717, 1.165) is 16.7 Å². The Morgan fingerprint density at radius 1 is 0.872 bits per heavy atom. The summed E-state index contributed by atoms with van der Waals surface area (Å²) in [7, 11) is 3.20. The van der Waals surface area contributed by atoms with Crippen molar-refractivity contribution in [3.8, 4) is 11.5 Å². The summed E-state index contributed by atoms with van der Waals surface area (Å²) in [5.41, 5.74) is 0.398. The Morgan fingerprint density at radius 2 is 1.41 bits per heavy atom. The van der Waals surface area contributed by atoms with Gasteiger partial charge in [0.25, 0.3) is 5.56 Å². The van der Waals surface area contributed by atoms with E-state index < -0.39 is 35.5 Å². The van der Waals surface area contributed by atoms with Crippen LogP contribution in [0, 0.1) is 6.92 Å². The van der Waals surface area contributed by atoms with Gasteiger partial charge < -0.3 is 24.1 Å². The number of aromatic amines is 1. The first kappa shape index (κ1) is 26.4. The lowest BCUT2D eigenvalue weighted by Gasteiger charge is -2.38. The number of aromatic nitrogens is 2. The summed E-state index contributed by atoms with van der Waals surface area (Å²) in [6, 6.07) is 24.6. The Morgan fingerprint density at radius 3 is 1.95 bits per heavy atom. The predicted octanol–water partition coefficient (Wildman–Crippen LogP) is 3.48. The van der Waals surface area contributed by atoms with Gasteiger partial charge in [-0.25, -0.2) is 4.79 Å². The van der Waals surface area contributed by atoms with Crippen LogP contribution in [-0.2, 0) is 15.1 Å². The van der Waals surface area contributed by atoms with Gasteiger partial charge in [0, 0.05) is 18.2 Å². The summed E-state index contributed by atoms with van der Waals surface area (Å²) >= 11 is 0. The highest BCUT2D eigenvalue weighted by Gasteiger charge is 2.46. The lowest BCUT2D eigenvalue weighted by molar-refractivity contribution is -0.216. The number of nitrogens with one attached hydrogen (secondary N) is 1. The normalized spacial score (nSPS) is 19.1. The van der Waals surface area contributed by atoms with E-state index >= 15 is 0 Å². The Hall–Kier alpha value is -4.18. The summed E-state index contributed by atoms with van der Waals surface area (Å²) in [5, 5.41) is 11.1. The van der Waals surface area contributed by atoms with Gasteiger partial charge in [-0.15, -0.1) is 0 Å². The standard InChI is InChI=1S/C30H30N2O7/c1-19-18-32(29(35)31-27(19)34)26-17-25(33)28(38-26)39-30(20-7-5-4-6-8-20,21-9-13-23(36-2)14-10-21)22-11-15-24(37-3)16-12-22/h4-16,18,25-26,28,33H,17H2,1-3H3,(H,31,34,35)/t25-,26+,28+/m0/s1. The highest BCUT2D eigenvalue weighted by atomic mass is 16.7. The fraction of sp³-hybridized carbons (Fsp3) is 0.267. The molecule has 2 heterocycles. The van der Waals surface area contributed by atoms with Gasteiger partial charge in [-0.1, -0.05) is 54.6 Å². The SMILES string of the molecule is COc1ccc(C(O[C@H]2O[C@@H](n3cc(C)c(=O)[nH]c3=O)C[C@@H]2O)(c2ccccc2)c2ccc(OC)cc2)cc1. The molecule has 0 spiro atoms. The quantitative estimate of drug-likeness (QED) is 0.336. The third-order valence-corrected chi connectivity index (χ3v) is 6.97. The number of rotatable bonds is 8. The summed E-state index contributed by atoms with van der Waals surface area (Å²) in [6.45, 7) is 1.60. The second kappa shape index (κ2) is 10.9. The first-order valence-corrected chi connectivity index (χ1v) is 12.5. The number of nitrogens with zero attached hydrogens (tertiary/aromatic N) is 1. The van der Waals surface area contributed by atoms with Crippen LogP contribution in [0.2, 0.25) is 0 Å². The lowest BCUT2D eigenvalue weighted by Crippen LogP contribution is -2.40. The molecule has 1 aliphatic heterocycles. The Bertz CT molecular complexity index is 1480. The number of methoxy groups -OCH3 is 2. The van der Waals surface area contributed by atoms with Crippen LogP contribution in [-0.4, -0.2) is 41.3 Å². The molecule has 1 saturated heterocycles. The number of hydrogen-bond acceptors (Lipinski definition) is 7. The maximum Gasteiger partial charge on any atom is 0.330 e. The Kier molecular flexibility index (Phi) is 7.38. The van der Waals surface area contributed by atoms with Gasteiger partial charge in [-0.2, -0.15) is 0 Å². The number of aliphatic hydroxyl groups is 1. The molecule has 1 aliphatic rings. The smallest absolute Gasteiger partial charge is 0.330 e. The summed E-state index contributed by atoms with van der Waals surface area (Å²) < 4.78 is 25.0. The van der Waals surface area contributed by atoms with Gasteiger partial charge in [-0.3, -0.25) is 14.3 Å². The number of benzene rings is 3. The molecule has 9 heteroatoms. The van der Waals surface area contributed by atoms with Crippen molar-refractivity contribution >= 4 is 0 Å². The molecular weight excluding hydrogens is 500 g/mol. The Labute approximate surface area is 225 Å². The largest absolute Gasteiger partial charge is 0.497 e. The van der Waals surface area contributed by atoms with Crippen molar-refractivity contribution in [2.75, 3.05) is 14.2 Å². The zero-order chi connectivity index (χ0) is 27.6. The number of aryl methyl sites for hydroxylation is 1. The molecule has 3 aromatic carbocycles. The van der Waals surface area contributed by atoms with Crippen LogP contribution in [0.15, 0.2) is 94.6 Å². The van der Waals surface area contributed by atoms with Crippen LogP contribution in [0.5, 0.6) is 11.5 Å².